The van der Waals surface area contributed by atoms with Crippen LogP contribution < -0.4 is 10.1 Å². The molecule has 1 amide bonds. The van der Waals surface area contributed by atoms with Gasteiger partial charge in [0.1, 0.15) is 11.6 Å². The van der Waals surface area contributed by atoms with Crippen LogP contribution in [0.5, 0.6) is 5.75 Å². The van der Waals surface area contributed by atoms with Crippen LogP contribution in [0.4, 0.5) is 5.82 Å². The van der Waals surface area contributed by atoms with Gasteiger partial charge in [0.25, 0.3) is 5.91 Å². The van der Waals surface area contributed by atoms with Crippen LogP contribution in [-0.4, -0.2) is 22.3 Å². The van der Waals surface area contributed by atoms with Gasteiger partial charge in [0.05, 0.1) is 23.9 Å². The summed E-state index contributed by atoms with van der Waals surface area (Å²) >= 11 is 0. The first-order valence-corrected chi connectivity index (χ1v) is 8.98. The van der Waals surface area contributed by atoms with E-state index in [1.165, 1.54) is 0 Å². The van der Waals surface area contributed by atoms with Crippen molar-refractivity contribution < 1.29 is 9.53 Å². The molecule has 1 heterocycles. The quantitative estimate of drug-likeness (QED) is 0.710. The minimum atomic E-state index is -0.272. The van der Waals surface area contributed by atoms with E-state index in [0.29, 0.717) is 18.0 Å². The van der Waals surface area contributed by atoms with E-state index in [2.05, 4.69) is 22.6 Å². The van der Waals surface area contributed by atoms with Gasteiger partial charge in [-0.25, -0.2) is 4.68 Å². The molecule has 2 aromatic carbocycles. The lowest BCUT2D eigenvalue weighted by atomic mass is 10.1. The van der Waals surface area contributed by atoms with Crippen molar-refractivity contribution in [2.24, 2.45) is 0 Å². The summed E-state index contributed by atoms with van der Waals surface area (Å²) in [7, 11) is 0. The van der Waals surface area contributed by atoms with Crippen molar-refractivity contribution in [3.8, 4) is 17.5 Å². The number of rotatable bonds is 6. The van der Waals surface area contributed by atoms with Crippen molar-refractivity contribution in [1.29, 1.82) is 5.26 Å². The maximum absolute atomic E-state index is 12.4. The van der Waals surface area contributed by atoms with Gasteiger partial charge in [-0.2, -0.15) is 10.4 Å². The first kappa shape index (κ1) is 19.2. The third kappa shape index (κ3) is 4.77. The van der Waals surface area contributed by atoms with Gasteiger partial charge in [-0.05, 0) is 61.7 Å². The highest BCUT2D eigenvalue weighted by molar-refractivity contribution is 5.91. The number of carbonyl (C=O) groups is 1. The minimum absolute atomic E-state index is 0.116. The van der Waals surface area contributed by atoms with Gasteiger partial charge in [0, 0.05) is 6.07 Å². The number of amides is 1. The zero-order chi connectivity index (χ0) is 20.1. The van der Waals surface area contributed by atoms with E-state index >= 15 is 0 Å². The van der Waals surface area contributed by atoms with Gasteiger partial charge >= 0.3 is 0 Å². The molecule has 0 unspecified atom stereocenters. The number of anilines is 1. The molecule has 0 atom stereocenters. The Morgan fingerprint density at radius 3 is 2.43 bits per heavy atom. The molecule has 0 bridgehead atoms. The zero-order valence-electron chi connectivity index (χ0n) is 16.2. The number of benzene rings is 2. The molecule has 0 spiro atoms. The molecule has 142 valence electrons. The minimum Gasteiger partial charge on any atom is -0.484 e. The Kier molecular flexibility index (Phi) is 5.75. The maximum atomic E-state index is 12.4. The highest BCUT2D eigenvalue weighted by Crippen LogP contribution is 2.20. The zero-order valence-corrected chi connectivity index (χ0v) is 16.2. The predicted octanol–water partition coefficient (Wildman–Crippen LogP) is 3.88. The summed E-state index contributed by atoms with van der Waals surface area (Å²) < 4.78 is 7.27. The summed E-state index contributed by atoms with van der Waals surface area (Å²) in [6, 6.07) is 17.2. The molecule has 6 heteroatoms. The Hall–Kier alpha value is -3.59. The molecule has 0 saturated heterocycles. The first-order valence-electron chi connectivity index (χ1n) is 8.98. The van der Waals surface area contributed by atoms with Crippen LogP contribution in [0.25, 0.3) is 5.69 Å². The van der Waals surface area contributed by atoms with Crippen LogP contribution >= 0.6 is 0 Å². The largest absolute Gasteiger partial charge is 0.484 e. The van der Waals surface area contributed by atoms with Crippen LogP contribution in [0.1, 0.15) is 22.4 Å². The standard InChI is InChI=1S/C22H22N4O2/c1-15-10-16(2)12-19(11-15)26-21(13-17(3)25-26)24-22(27)14-28-20-6-4-18(5-7-20)8-9-23/h4-7,10-13H,8,14H2,1-3H3,(H,24,27). The monoisotopic (exact) mass is 374 g/mol. The number of nitrogens with one attached hydrogen (secondary N) is 1. The molecule has 6 nitrogen and oxygen atoms in total. The van der Waals surface area contributed by atoms with Crippen LogP contribution in [0.3, 0.4) is 0 Å². The van der Waals surface area contributed by atoms with Crippen molar-refractivity contribution in [2.75, 3.05) is 11.9 Å². The number of aryl methyl sites for hydroxylation is 3. The van der Waals surface area contributed by atoms with Gasteiger partial charge in [0.15, 0.2) is 6.61 Å². The van der Waals surface area contributed by atoms with Crippen molar-refractivity contribution >= 4 is 11.7 Å². The van der Waals surface area contributed by atoms with Crippen LogP contribution in [0.2, 0.25) is 0 Å². The molecule has 1 aromatic heterocycles. The molecule has 3 rings (SSSR count). The SMILES string of the molecule is Cc1cc(C)cc(-n2nc(C)cc2NC(=O)COc2ccc(CC#N)cc2)c1. The number of ether oxygens (including phenoxy) is 1. The number of hydrogen-bond donors (Lipinski definition) is 1. The van der Waals surface area contributed by atoms with Crippen molar-refractivity contribution in [2.45, 2.75) is 27.2 Å². The Morgan fingerprint density at radius 1 is 1.11 bits per heavy atom. The fourth-order valence-electron chi connectivity index (χ4n) is 2.98. The third-order valence-corrected chi connectivity index (χ3v) is 4.13. The van der Waals surface area contributed by atoms with Gasteiger partial charge < -0.3 is 10.1 Å². The van der Waals surface area contributed by atoms with E-state index < -0.39 is 0 Å². The van der Waals surface area contributed by atoms with Gasteiger partial charge in [0.2, 0.25) is 0 Å². The van der Waals surface area contributed by atoms with Crippen LogP contribution in [0, 0.1) is 32.1 Å². The van der Waals surface area contributed by atoms with E-state index in [1.807, 2.05) is 51.1 Å². The third-order valence-electron chi connectivity index (χ3n) is 4.13. The molecule has 0 radical (unpaired) electrons. The van der Waals surface area contributed by atoms with Crippen molar-refractivity contribution in [3.63, 3.8) is 0 Å². The molecule has 3 aromatic rings. The average molecular weight is 374 g/mol. The molecular formula is C22H22N4O2. The van der Waals surface area contributed by atoms with E-state index in [-0.39, 0.29) is 12.5 Å². The topological polar surface area (TPSA) is 79.9 Å². The van der Waals surface area contributed by atoms with E-state index in [0.717, 1.165) is 28.1 Å². The van der Waals surface area contributed by atoms with Crippen LogP contribution in [-0.2, 0) is 11.2 Å². The summed E-state index contributed by atoms with van der Waals surface area (Å²) in [6.07, 6.45) is 0.350. The number of aromatic nitrogens is 2. The Labute approximate surface area is 164 Å². The smallest absolute Gasteiger partial charge is 0.263 e. The second kappa shape index (κ2) is 8.40. The summed E-state index contributed by atoms with van der Waals surface area (Å²) in [5.74, 6) is 0.905. The fraction of sp³-hybridized carbons (Fsp3) is 0.227. The molecule has 0 aliphatic carbocycles. The van der Waals surface area contributed by atoms with Crippen molar-refractivity contribution in [1.82, 2.24) is 9.78 Å². The predicted molar refractivity (Wildman–Crippen MR) is 108 cm³/mol. The fourth-order valence-corrected chi connectivity index (χ4v) is 2.98. The molecule has 28 heavy (non-hydrogen) atoms. The molecule has 0 saturated carbocycles. The summed E-state index contributed by atoms with van der Waals surface area (Å²) in [5.41, 5.74) is 4.87. The molecule has 0 aliphatic rings. The first-order chi connectivity index (χ1) is 13.4. The van der Waals surface area contributed by atoms with E-state index in [4.69, 9.17) is 10.00 Å². The highest BCUT2D eigenvalue weighted by atomic mass is 16.5. The lowest BCUT2D eigenvalue weighted by Gasteiger charge is -2.11. The number of nitrogens with zero attached hydrogens (tertiary/aromatic N) is 3. The van der Waals surface area contributed by atoms with Gasteiger partial charge in [-0.3, -0.25) is 4.79 Å². The molecular weight excluding hydrogens is 352 g/mol. The average Bonchev–Trinajstić information content (AvgIpc) is 3.01. The van der Waals surface area contributed by atoms with Gasteiger partial charge in [-0.1, -0.05) is 18.2 Å². The normalized spacial score (nSPS) is 10.4. The number of carbonyl (C=O) groups excluding carboxylic acids is 1. The molecule has 0 fully saturated rings. The second-order valence-electron chi connectivity index (χ2n) is 6.74. The Morgan fingerprint density at radius 2 is 1.79 bits per heavy atom. The second-order valence-corrected chi connectivity index (χ2v) is 6.74. The van der Waals surface area contributed by atoms with E-state index in [9.17, 15) is 4.79 Å². The van der Waals surface area contributed by atoms with Gasteiger partial charge in [-0.15, -0.1) is 0 Å². The van der Waals surface area contributed by atoms with E-state index in [1.54, 1.807) is 16.8 Å². The highest BCUT2D eigenvalue weighted by Gasteiger charge is 2.12. The summed E-state index contributed by atoms with van der Waals surface area (Å²) in [4.78, 5) is 12.4. The number of nitriles is 1. The molecule has 1 N–H and O–H groups in total. The number of hydrogen-bond acceptors (Lipinski definition) is 4. The van der Waals surface area contributed by atoms with Crippen LogP contribution in [0.15, 0.2) is 48.5 Å². The molecule has 0 aliphatic heterocycles. The lowest BCUT2D eigenvalue weighted by molar-refractivity contribution is -0.118. The lowest BCUT2D eigenvalue weighted by Crippen LogP contribution is -2.22. The summed E-state index contributed by atoms with van der Waals surface area (Å²) in [5, 5.41) is 16.1. The maximum Gasteiger partial charge on any atom is 0.263 e. The Balaban J connectivity index is 1.68. The Bertz CT molecular complexity index is 1010. The summed E-state index contributed by atoms with van der Waals surface area (Å²) in [6.45, 7) is 5.82. The van der Waals surface area contributed by atoms with Crippen molar-refractivity contribution in [3.05, 3.63) is 70.9 Å².